The molecule has 1 atom stereocenters. The Kier molecular flexibility index (Phi) is 5.24. The van der Waals surface area contributed by atoms with Crippen LogP contribution < -0.4 is 16.0 Å². The van der Waals surface area contributed by atoms with Crippen LogP contribution in [0.5, 0.6) is 0 Å². The zero-order valence-corrected chi connectivity index (χ0v) is 14.6. The molecular weight excluding hydrogens is 338 g/mol. The zero-order chi connectivity index (χ0) is 17.8. The standard InChI is InChI=1S/C19H20ClN3O2/c1-12(18(24)22-16-6-4-14(20)5-7-16)21-15-8-10-17(11-9-15)23-19(25)13-2-3-13/h4-13,21H,2-3H2,1H3,(H,22,24)(H,23,25). The lowest BCUT2D eigenvalue weighted by molar-refractivity contribution is -0.117. The van der Waals surface area contributed by atoms with Crippen molar-refractivity contribution in [2.24, 2.45) is 5.92 Å². The molecule has 0 radical (unpaired) electrons. The third-order valence-corrected chi connectivity index (χ3v) is 4.24. The molecule has 6 heteroatoms. The van der Waals surface area contributed by atoms with Gasteiger partial charge in [-0.3, -0.25) is 9.59 Å². The van der Waals surface area contributed by atoms with E-state index in [0.717, 1.165) is 24.2 Å². The van der Waals surface area contributed by atoms with Crippen molar-refractivity contribution in [3.05, 3.63) is 53.6 Å². The van der Waals surface area contributed by atoms with Crippen LogP contribution in [0.25, 0.3) is 0 Å². The van der Waals surface area contributed by atoms with Crippen LogP contribution in [-0.4, -0.2) is 17.9 Å². The average molecular weight is 358 g/mol. The summed E-state index contributed by atoms with van der Waals surface area (Å²) >= 11 is 5.83. The lowest BCUT2D eigenvalue weighted by Crippen LogP contribution is -2.31. The summed E-state index contributed by atoms with van der Waals surface area (Å²) in [5.41, 5.74) is 2.27. The minimum atomic E-state index is -0.414. The van der Waals surface area contributed by atoms with E-state index in [1.54, 1.807) is 31.2 Å². The number of carbonyl (C=O) groups is 2. The van der Waals surface area contributed by atoms with Gasteiger partial charge in [0.25, 0.3) is 0 Å². The fourth-order valence-corrected chi connectivity index (χ4v) is 2.46. The van der Waals surface area contributed by atoms with Crippen LogP contribution in [0.3, 0.4) is 0 Å². The van der Waals surface area contributed by atoms with Crippen molar-refractivity contribution in [2.75, 3.05) is 16.0 Å². The van der Waals surface area contributed by atoms with E-state index in [9.17, 15) is 9.59 Å². The molecule has 130 valence electrons. The highest BCUT2D eigenvalue weighted by Gasteiger charge is 2.29. The lowest BCUT2D eigenvalue weighted by atomic mass is 10.2. The summed E-state index contributed by atoms with van der Waals surface area (Å²) in [6.45, 7) is 1.79. The van der Waals surface area contributed by atoms with Gasteiger partial charge in [0.1, 0.15) is 6.04 Å². The normalized spacial score (nSPS) is 14.5. The number of anilines is 3. The maximum absolute atomic E-state index is 12.2. The van der Waals surface area contributed by atoms with Gasteiger partial charge in [-0.15, -0.1) is 0 Å². The summed E-state index contributed by atoms with van der Waals surface area (Å²) in [4.78, 5) is 24.0. The summed E-state index contributed by atoms with van der Waals surface area (Å²) in [5, 5.41) is 9.48. The van der Waals surface area contributed by atoms with Crippen molar-refractivity contribution in [3.63, 3.8) is 0 Å². The average Bonchev–Trinajstić information content (AvgIpc) is 3.43. The smallest absolute Gasteiger partial charge is 0.246 e. The topological polar surface area (TPSA) is 70.2 Å². The Bertz CT molecular complexity index is 755. The number of carbonyl (C=O) groups excluding carboxylic acids is 2. The Morgan fingerprint density at radius 2 is 1.44 bits per heavy atom. The first-order valence-electron chi connectivity index (χ1n) is 8.25. The van der Waals surface area contributed by atoms with Crippen LogP contribution in [-0.2, 0) is 9.59 Å². The molecule has 1 saturated carbocycles. The maximum Gasteiger partial charge on any atom is 0.246 e. The highest BCUT2D eigenvalue weighted by Crippen LogP contribution is 2.30. The second-order valence-electron chi connectivity index (χ2n) is 6.20. The molecule has 0 aliphatic heterocycles. The first-order valence-corrected chi connectivity index (χ1v) is 8.63. The number of nitrogens with one attached hydrogen (secondary N) is 3. The van der Waals surface area contributed by atoms with E-state index in [0.29, 0.717) is 10.7 Å². The summed E-state index contributed by atoms with van der Waals surface area (Å²) in [5.74, 6) is 0.110. The number of hydrogen-bond donors (Lipinski definition) is 3. The Morgan fingerprint density at radius 3 is 2.04 bits per heavy atom. The van der Waals surface area contributed by atoms with Gasteiger partial charge in [0.05, 0.1) is 0 Å². The first-order chi connectivity index (χ1) is 12.0. The number of hydrogen-bond acceptors (Lipinski definition) is 3. The molecule has 2 amide bonds. The van der Waals surface area contributed by atoms with Gasteiger partial charge in [-0.05, 0) is 68.3 Å². The highest BCUT2D eigenvalue weighted by atomic mass is 35.5. The van der Waals surface area contributed by atoms with Gasteiger partial charge in [0.2, 0.25) is 11.8 Å². The van der Waals surface area contributed by atoms with Crippen LogP contribution in [0, 0.1) is 5.92 Å². The van der Waals surface area contributed by atoms with Crippen LogP contribution in [0.15, 0.2) is 48.5 Å². The fourth-order valence-electron chi connectivity index (χ4n) is 2.34. The number of benzene rings is 2. The molecule has 5 nitrogen and oxygen atoms in total. The Morgan fingerprint density at radius 1 is 0.920 bits per heavy atom. The molecule has 0 saturated heterocycles. The van der Waals surface area contributed by atoms with E-state index >= 15 is 0 Å². The predicted molar refractivity (Wildman–Crippen MR) is 101 cm³/mol. The van der Waals surface area contributed by atoms with Gasteiger partial charge in [0.15, 0.2) is 0 Å². The molecule has 3 N–H and O–H groups in total. The third-order valence-electron chi connectivity index (χ3n) is 3.99. The summed E-state index contributed by atoms with van der Waals surface area (Å²) < 4.78 is 0. The second kappa shape index (κ2) is 7.57. The molecule has 2 aromatic rings. The monoisotopic (exact) mass is 357 g/mol. The number of amides is 2. The molecule has 1 aliphatic carbocycles. The van der Waals surface area contributed by atoms with Crippen molar-refractivity contribution >= 4 is 40.5 Å². The van der Waals surface area contributed by atoms with Gasteiger partial charge in [-0.1, -0.05) is 11.6 Å². The largest absolute Gasteiger partial charge is 0.374 e. The third kappa shape index (κ3) is 4.97. The molecule has 2 aromatic carbocycles. The molecule has 0 bridgehead atoms. The van der Waals surface area contributed by atoms with Crippen molar-refractivity contribution < 1.29 is 9.59 Å². The van der Waals surface area contributed by atoms with Crippen molar-refractivity contribution in [1.82, 2.24) is 0 Å². The maximum atomic E-state index is 12.2. The molecule has 0 aromatic heterocycles. The lowest BCUT2D eigenvalue weighted by Gasteiger charge is -2.16. The van der Waals surface area contributed by atoms with Crippen LogP contribution >= 0.6 is 11.6 Å². The zero-order valence-electron chi connectivity index (χ0n) is 13.9. The van der Waals surface area contributed by atoms with Crippen LogP contribution in [0.1, 0.15) is 19.8 Å². The molecule has 0 heterocycles. The van der Waals surface area contributed by atoms with E-state index in [4.69, 9.17) is 11.6 Å². The van der Waals surface area contributed by atoms with Gasteiger partial charge in [-0.2, -0.15) is 0 Å². The minimum Gasteiger partial charge on any atom is -0.374 e. The van der Waals surface area contributed by atoms with E-state index in [2.05, 4.69) is 16.0 Å². The van der Waals surface area contributed by atoms with E-state index in [1.165, 1.54) is 0 Å². The number of halogens is 1. The Balaban J connectivity index is 1.52. The SMILES string of the molecule is CC(Nc1ccc(NC(=O)C2CC2)cc1)C(=O)Nc1ccc(Cl)cc1. The summed E-state index contributed by atoms with van der Waals surface area (Å²) in [7, 11) is 0. The van der Waals surface area contributed by atoms with E-state index in [-0.39, 0.29) is 17.7 Å². The molecule has 3 rings (SSSR count). The second-order valence-corrected chi connectivity index (χ2v) is 6.64. The molecular formula is C19H20ClN3O2. The van der Waals surface area contributed by atoms with Gasteiger partial charge in [-0.25, -0.2) is 0 Å². The molecule has 0 spiro atoms. The van der Waals surface area contributed by atoms with Gasteiger partial charge >= 0.3 is 0 Å². The number of rotatable bonds is 6. The van der Waals surface area contributed by atoms with E-state index in [1.807, 2.05) is 24.3 Å². The Hall–Kier alpha value is -2.53. The van der Waals surface area contributed by atoms with E-state index < -0.39 is 6.04 Å². The minimum absolute atomic E-state index is 0.0800. The highest BCUT2D eigenvalue weighted by molar-refractivity contribution is 6.30. The molecule has 1 unspecified atom stereocenters. The fraction of sp³-hybridized carbons (Fsp3) is 0.263. The van der Waals surface area contributed by atoms with Crippen LogP contribution in [0.4, 0.5) is 17.1 Å². The quantitative estimate of drug-likeness (QED) is 0.728. The molecule has 1 aliphatic rings. The predicted octanol–water partition coefficient (Wildman–Crippen LogP) is 4.13. The van der Waals surface area contributed by atoms with Crippen molar-refractivity contribution in [2.45, 2.75) is 25.8 Å². The van der Waals surface area contributed by atoms with Crippen molar-refractivity contribution in [1.29, 1.82) is 0 Å². The summed E-state index contributed by atoms with van der Waals surface area (Å²) in [6, 6.07) is 13.9. The first kappa shape index (κ1) is 17.3. The van der Waals surface area contributed by atoms with Crippen molar-refractivity contribution in [3.8, 4) is 0 Å². The van der Waals surface area contributed by atoms with Crippen LogP contribution in [0.2, 0.25) is 5.02 Å². The summed E-state index contributed by atoms with van der Waals surface area (Å²) in [6.07, 6.45) is 1.96. The Labute approximate surface area is 151 Å². The molecule has 1 fully saturated rings. The van der Waals surface area contributed by atoms with Gasteiger partial charge in [0, 0.05) is 28.0 Å². The molecule has 25 heavy (non-hydrogen) atoms. The van der Waals surface area contributed by atoms with Gasteiger partial charge < -0.3 is 16.0 Å².